The molecule has 0 aliphatic rings. The molecule has 0 fully saturated rings. The van der Waals surface area contributed by atoms with E-state index in [0.717, 1.165) is 30.4 Å². The highest BCUT2D eigenvalue weighted by atomic mass is 16.2. The highest BCUT2D eigenvalue weighted by Crippen LogP contribution is 2.29. The van der Waals surface area contributed by atoms with Crippen LogP contribution in [0.3, 0.4) is 0 Å². The maximum atomic E-state index is 13.6. The van der Waals surface area contributed by atoms with Gasteiger partial charge in [-0.2, -0.15) is 0 Å². The minimum Gasteiger partial charge on any atom is -0.267 e. The van der Waals surface area contributed by atoms with Crippen LogP contribution < -0.4 is 5.43 Å². The van der Waals surface area contributed by atoms with E-state index in [9.17, 15) is 9.59 Å². The smallest absolute Gasteiger partial charge is 0.267 e. The van der Waals surface area contributed by atoms with Gasteiger partial charge in [0.15, 0.2) is 0 Å². The third-order valence-electron chi connectivity index (χ3n) is 5.41. The largest absolute Gasteiger partial charge is 0.272 e. The zero-order chi connectivity index (χ0) is 22.5. The second-order valence-corrected chi connectivity index (χ2v) is 9.21. The lowest BCUT2D eigenvalue weighted by atomic mass is 9.83. The fourth-order valence-corrected chi connectivity index (χ4v) is 3.80. The first-order chi connectivity index (χ1) is 14.1. The fourth-order valence-electron chi connectivity index (χ4n) is 3.80. The second kappa shape index (κ2) is 9.92. The van der Waals surface area contributed by atoms with Crippen molar-refractivity contribution >= 4 is 11.8 Å². The van der Waals surface area contributed by atoms with Gasteiger partial charge >= 0.3 is 0 Å². The lowest BCUT2D eigenvalue weighted by Crippen LogP contribution is -2.56. The molecule has 2 amide bonds. The first kappa shape index (κ1) is 23.7. The summed E-state index contributed by atoms with van der Waals surface area (Å²) in [6, 6.07) is 13.2. The van der Waals surface area contributed by atoms with Gasteiger partial charge in [0, 0.05) is 11.1 Å². The summed E-state index contributed by atoms with van der Waals surface area (Å²) in [5, 5.41) is 1.56. The number of hydrazine groups is 1. The SMILES string of the molecule is CCC[C@H](N(NC(=O)c1ccc(CC)cc1)C(=O)c1cc(C)cc(C)c1)C(C)(C)C. The molecule has 0 spiro atoms. The van der Waals surface area contributed by atoms with Gasteiger partial charge in [-0.15, -0.1) is 0 Å². The average Bonchev–Trinajstić information content (AvgIpc) is 2.68. The Morgan fingerprint density at radius 3 is 1.97 bits per heavy atom. The number of rotatable bonds is 6. The maximum absolute atomic E-state index is 13.6. The monoisotopic (exact) mass is 408 g/mol. The van der Waals surface area contributed by atoms with Crippen LogP contribution in [0.2, 0.25) is 0 Å². The van der Waals surface area contributed by atoms with Crippen molar-refractivity contribution in [2.24, 2.45) is 5.41 Å². The molecule has 162 valence electrons. The first-order valence-corrected chi connectivity index (χ1v) is 10.9. The summed E-state index contributed by atoms with van der Waals surface area (Å²) in [5.41, 5.74) is 7.14. The van der Waals surface area contributed by atoms with E-state index < -0.39 is 0 Å². The van der Waals surface area contributed by atoms with Crippen molar-refractivity contribution in [1.82, 2.24) is 10.4 Å². The summed E-state index contributed by atoms with van der Waals surface area (Å²) in [4.78, 5) is 26.6. The summed E-state index contributed by atoms with van der Waals surface area (Å²) in [6.07, 6.45) is 2.64. The molecular weight excluding hydrogens is 372 g/mol. The summed E-state index contributed by atoms with van der Waals surface area (Å²) in [7, 11) is 0. The van der Waals surface area contributed by atoms with Crippen molar-refractivity contribution in [1.29, 1.82) is 0 Å². The van der Waals surface area contributed by atoms with Gasteiger partial charge in [0.05, 0.1) is 6.04 Å². The normalized spacial score (nSPS) is 12.4. The van der Waals surface area contributed by atoms with Crippen LogP contribution in [-0.2, 0) is 6.42 Å². The summed E-state index contributed by atoms with van der Waals surface area (Å²) in [6.45, 7) is 14.5. The predicted molar refractivity (Wildman–Crippen MR) is 124 cm³/mol. The van der Waals surface area contributed by atoms with Crippen molar-refractivity contribution in [3.8, 4) is 0 Å². The molecule has 0 bridgehead atoms. The predicted octanol–water partition coefficient (Wildman–Crippen LogP) is 5.87. The lowest BCUT2D eigenvalue weighted by molar-refractivity contribution is 0.0271. The van der Waals surface area contributed by atoms with Crippen molar-refractivity contribution < 1.29 is 9.59 Å². The Labute approximate surface area is 181 Å². The van der Waals surface area contributed by atoms with Crippen molar-refractivity contribution in [3.05, 3.63) is 70.3 Å². The fraction of sp³-hybridized carbons (Fsp3) is 0.462. The van der Waals surface area contributed by atoms with E-state index in [4.69, 9.17) is 0 Å². The molecule has 1 N–H and O–H groups in total. The van der Waals surface area contributed by atoms with Gasteiger partial charge < -0.3 is 0 Å². The van der Waals surface area contributed by atoms with Crippen LogP contribution in [0.1, 0.15) is 84.9 Å². The minimum atomic E-state index is -0.263. The number of nitrogens with zero attached hydrogens (tertiary/aromatic N) is 1. The number of carbonyl (C=O) groups is 2. The molecule has 0 radical (unpaired) electrons. The molecule has 0 saturated heterocycles. The zero-order valence-corrected chi connectivity index (χ0v) is 19.5. The molecule has 0 heterocycles. The minimum absolute atomic E-state index is 0.130. The Kier molecular flexibility index (Phi) is 7.83. The molecule has 0 aliphatic heterocycles. The molecule has 0 saturated carbocycles. The number of hydrogen-bond acceptors (Lipinski definition) is 2. The van der Waals surface area contributed by atoms with Gasteiger partial charge in [0.2, 0.25) is 0 Å². The summed E-state index contributed by atoms with van der Waals surface area (Å²) in [5.74, 6) is -0.436. The average molecular weight is 409 g/mol. The molecule has 30 heavy (non-hydrogen) atoms. The maximum Gasteiger partial charge on any atom is 0.272 e. The Bertz CT molecular complexity index is 859. The Morgan fingerprint density at radius 2 is 1.50 bits per heavy atom. The van der Waals surface area contributed by atoms with Crippen LogP contribution >= 0.6 is 0 Å². The molecule has 0 unspecified atom stereocenters. The number of hydrogen-bond donors (Lipinski definition) is 1. The van der Waals surface area contributed by atoms with Crippen molar-refractivity contribution in [2.75, 3.05) is 0 Å². The van der Waals surface area contributed by atoms with Gasteiger partial charge in [0.1, 0.15) is 0 Å². The Balaban J connectivity index is 2.43. The number of aryl methyl sites for hydroxylation is 3. The van der Waals surface area contributed by atoms with Crippen LogP contribution in [0.15, 0.2) is 42.5 Å². The van der Waals surface area contributed by atoms with Gasteiger partial charge in [-0.25, -0.2) is 5.01 Å². The molecule has 4 nitrogen and oxygen atoms in total. The van der Waals surface area contributed by atoms with E-state index in [1.54, 1.807) is 5.01 Å². The van der Waals surface area contributed by atoms with Crippen molar-refractivity contribution in [3.63, 3.8) is 0 Å². The van der Waals surface area contributed by atoms with Gasteiger partial charge in [0.25, 0.3) is 11.8 Å². The lowest BCUT2D eigenvalue weighted by Gasteiger charge is -2.40. The third kappa shape index (κ3) is 5.94. The van der Waals surface area contributed by atoms with Gasteiger partial charge in [-0.05, 0) is 61.9 Å². The van der Waals surface area contributed by atoms with Crippen LogP contribution in [0.25, 0.3) is 0 Å². The summed E-state index contributed by atoms with van der Waals surface area (Å²) < 4.78 is 0. The van der Waals surface area contributed by atoms with E-state index in [1.807, 2.05) is 56.3 Å². The standard InChI is InChI=1S/C26H36N2O2/c1-8-10-23(26(5,6)7)28(25(30)22-16-18(3)15-19(4)17-22)27-24(29)21-13-11-20(9-2)12-14-21/h11-17,23H,8-10H2,1-7H3,(H,27,29)/t23-/m0/s1. The highest BCUT2D eigenvalue weighted by molar-refractivity contribution is 5.99. The molecule has 2 aromatic carbocycles. The third-order valence-corrected chi connectivity index (χ3v) is 5.41. The second-order valence-electron chi connectivity index (χ2n) is 9.21. The number of amides is 2. The van der Waals surface area contributed by atoms with Crippen LogP contribution in [0, 0.1) is 19.3 Å². The van der Waals surface area contributed by atoms with E-state index >= 15 is 0 Å². The van der Waals surface area contributed by atoms with Gasteiger partial charge in [-0.3, -0.25) is 15.0 Å². The van der Waals surface area contributed by atoms with Crippen molar-refractivity contribution in [2.45, 2.75) is 73.8 Å². The molecule has 1 atom stereocenters. The highest BCUT2D eigenvalue weighted by Gasteiger charge is 2.35. The van der Waals surface area contributed by atoms with Crippen LogP contribution in [-0.4, -0.2) is 22.9 Å². The van der Waals surface area contributed by atoms with Crippen LogP contribution in [0.4, 0.5) is 0 Å². The molecule has 2 aromatic rings. The molecule has 2 rings (SSSR count). The molecular formula is C26H36N2O2. The molecule has 4 heteroatoms. The molecule has 0 aliphatic carbocycles. The molecule has 0 aromatic heterocycles. The topological polar surface area (TPSA) is 49.4 Å². The first-order valence-electron chi connectivity index (χ1n) is 10.9. The van der Waals surface area contributed by atoms with E-state index in [0.29, 0.717) is 11.1 Å². The van der Waals surface area contributed by atoms with E-state index in [-0.39, 0.29) is 23.3 Å². The Morgan fingerprint density at radius 1 is 0.933 bits per heavy atom. The number of nitrogens with one attached hydrogen (secondary N) is 1. The quantitative estimate of drug-likeness (QED) is 0.608. The number of carbonyl (C=O) groups excluding carboxylic acids is 2. The van der Waals surface area contributed by atoms with E-state index in [1.165, 1.54) is 5.56 Å². The van der Waals surface area contributed by atoms with E-state index in [2.05, 4.69) is 40.0 Å². The van der Waals surface area contributed by atoms with Gasteiger partial charge in [-0.1, -0.05) is 70.4 Å². The zero-order valence-electron chi connectivity index (χ0n) is 19.5. The number of benzene rings is 2. The van der Waals surface area contributed by atoms with Crippen LogP contribution in [0.5, 0.6) is 0 Å². The summed E-state index contributed by atoms with van der Waals surface area (Å²) >= 11 is 0. The Hall–Kier alpha value is -2.62.